The lowest BCUT2D eigenvalue weighted by Gasteiger charge is -2.25. The summed E-state index contributed by atoms with van der Waals surface area (Å²) >= 11 is 1.68. The fraction of sp³-hybridized carbons (Fsp3) is 0.571. The van der Waals surface area contributed by atoms with Crippen molar-refractivity contribution >= 4 is 29.4 Å². The van der Waals surface area contributed by atoms with Gasteiger partial charge in [-0.15, -0.1) is 0 Å². The molecule has 0 aromatic heterocycles. The van der Waals surface area contributed by atoms with E-state index in [1.165, 1.54) is 6.08 Å². The highest BCUT2D eigenvalue weighted by molar-refractivity contribution is 7.98. The predicted octanol–water partition coefficient (Wildman–Crippen LogP) is 6.79. The molecule has 1 heterocycles. The zero-order chi connectivity index (χ0) is 31.8. The van der Waals surface area contributed by atoms with E-state index in [9.17, 15) is 19.5 Å². The molecule has 0 saturated heterocycles. The van der Waals surface area contributed by atoms with Gasteiger partial charge in [-0.25, -0.2) is 4.79 Å². The molecule has 1 rings (SSSR count). The zero-order valence-corrected chi connectivity index (χ0v) is 27.9. The van der Waals surface area contributed by atoms with Gasteiger partial charge in [-0.05, 0) is 57.8 Å². The molecule has 0 fully saturated rings. The Morgan fingerprint density at radius 3 is 2.43 bits per heavy atom. The summed E-state index contributed by atoms with van der Waals surface area (Å²) in [6.07, 6.45) is 19.5. The second-order valence-electron chi connectivity index (χ2n) is 11.8. The molecule has 0 bridgehead atoms. The van der Waals surface area contributed by atoms with Crippen molar-refractivity contribution in [1.82, 2.24) is 5.32 Å². The maximum absolute atomic E-state index is 13.1. The highest BCUT2D eigenvalue weighted by atomic mass is 32.2. The first-order chi connectivity index (χ1) is 19.7. The molecular weight excluding hydrogens is 546 g/mol. The average molecular weight is 600 g/mol. The summed E-state index contributed by atoms with van der Waals surface area (Å²) in [7, 11) is 0. The van der Waals surface area contributed by atoms with E-state index in [2.05, 4.69) is 24.4 Å². The Labute approximate surface area is 258 Å². The summed E-state index contributed by atoms with van der Waals surface area (Å²) in [5.74, 6) is -0.0554. The first-order valence-corrected chi connectivity index (χ1v) is 16.4. The zero-order valence-electron chi connectivity index (χ0n) is 27.1. The number of amides is 1. The Morgan fingerprint density at radius 1 is 1.10 bits per heavy atom. The Kier molecular flexibility index (Phi) is 17.4. The van der Waals surface area contributed by atoms with Crippen LogP contribution in [0.4, 0.5) is 0 Å². The molecule has 0 spiro atoms. The lowest BCUT2D eigenvalue weighted by molar-refractivity contribution is -0.143. The summed E-state index contributed by atoms with van der Waals surface area (Å²) in [6, 6.07) is 0. The van der Waals surface area contributed by atoms with Crippen molar-refractivity contribution < 1.29 is 24.2 Å². The topological polar surface area (TPSA) is 92.7 Å². The number of cyclic esters (lactones) is 1. The molecule has 0 saturated carbocycles. The van der Waals surface area contributed by atoms with Gasteiger partial charge in [-0.1, -0.05) is 87.8 Å². The largest absolute Gasteiger partial charge is 0.454 e. The molecule has 0 aromatic carbocycles. The fourth-order valence-electron chi connectivity index (χ4n) is 4.97. The summed E-state index contributed by atoms with van der Waals surface area (Å²) in [5, 5.41) is 13.7. The van der Waals surface area contributed by atoms with E-state index in [1.807, 2.05) is 78.2 Å². The van der Waals surface area contributed by atoms with E-state index in [0.717, 1.165) is 28.9 Å². The van der Waals surface area contributed by atoms with E-state index in [-0.39, 0.29) is 41.5 Å². The number of Topliss-reactive ketones (excluding diaryl/α,β-unsaturated/α-hetero) is 1. The van der Waals surface area contributed by atoms with Gasteiger partial charge in [0, 0.05) is 42.2 Å². The number of allylic oxidation sites excluding steroid dienone is 8. The van der Waals surface area contributed by atoms with Gasteiger partial charge in [0.1, 0.15) is 11.9 Å². The van der Waals surface area contributed by atoms with E-state index >= 15 is 0 Å². The van der Waals surface area contributed by atoms with Gasteiger partial charge in [0.2, 0.25) is 5.91 Å². The van der Waals surface area contributed by atoms with Crippen molar-refractivity contribution in [1.29, 1.82) is 0 Å². The van der Waals surface area contributed by atoms with Crippen molar-refractivity contribution in [2.45, 2.75) is 80.4 Å². The number of ketones is 1. The number of hydrogen-bond acceptors (Lipinski definition) is 6. The minimum atomic E-state index is -0.790. The molecular formula is C35H53NO5S. The Balaban J connectivity index is 2.61. The molecule has 0 aliphatic carbocycles. The number of carbonyl (C=O) groups is 3. The van der Waals surface area contributed by atoms with Gasteiger partial charge >= 0.3 is 5.97 Å². The SMILES string of the molecule is CSCCNC(=O)/C=C(\C)C[C@H](C)[C@@H](O)[C@H](C)C(=O)[C@H](C)/C=C(C)/C=C/C[C@@H](C)/C=C(C)\C=C\[C@@H]1OC(=O)C=C[C@@H]1C. The molecule has 0 unspecified atom stereocenters. The molecule has 1 aliphatic heterocycles. The Morgan fingerprint density at radius 2 is 1.76 bits per heavy atom. The van der Waals surface area contributed by atoms with Crippen molar-refractivity contribution in [3.05, 3.63) is 71.4 Å². The average Bonchev–Trinajstić information content (AvgIpc) is 2.92. The third-order valence-electron chi connectivity index (χ3n) is 7.42. The molecule has 2 N–H and O–H groups in total. The van der Waals surface area contributed by atoms with Gasteiger partial charge in [-0.2, -0.15) is 11.8 Å². The number of rotatable bonds is 17. The van der Waals surface area contributed by atoms with Crippen molar-refractivity contribution in [2.24, 2.45) is 29.6 Å². The molecule has 234 valence electrons. The number of nitrogens with one attached hydrogen (secondary N) is 1. The normalized spacial score (nSPS) is 22.1. The van der Waals surface area contributed by atoms with Crippen LogP contribution >= 0.6 is 11.8 Å². The summed E-state index contributed by atoms with van der Waals surface area (Å²) < 4.78 is 5.36. The molecule has 1 amide bonds. The molecule has 7 heteroatoms. The van der Waals surface area contributed by atoms with E-state index in [1.54, 1.807) is 24.8 Å². The van der Waals surface area contributed by atoms with E-state index in [4.69, 9.17) is 4.74 Å². The van der Waals surface area contributed by atoms with Gasteiger partial charge in [0.25, 0.3) is 0 Å². The number of esters is 1. The molecule has 1 aliphatic rings. The third kappa shape index (κ3) is 14.5. The number of aliphatic hydroxyl groups excluding tert-OH is 1. The second kappa shape index (κ2) is 19.5. The predicted molar refractivity (Wildman–Crippen MR) is 176 cm³/mol. The summed E-state index contributed by atoms with van der Waals surface area (Å²) in [4.78, 5) is 36.6. The quantitative estimate of drug-likeness (QED) is 0.0828. The highest BCUT2D eigenvalue weighted by Crippen LogP contribution is 2.24. The number of hydrogen-bond donors (Lipinski definition) is 2. The molecule has 0 aromatic rings. The summed E-state index contributed by atoms with van der Waals surface area (Å²) in [5.41, 5.74) is 3.00. The second-order valence-corrected chi connectivity index (χ2v) is 12.8. The fourth-order valence-corrected chi connectivity index (χ4v) is 5.28. The summed E-state index contributed by atoms with van der Waals surface area (Å²) in [6.45, 7) is 16.3. The maximum atomic E-state index is 13.1. The van der Waals surface area contributed by atoms with Crippen LogP contribution in [0, 0.1) is 29.6 Å². The standard InChI is InChI=1S/C35H53NO5S/c1-23(19-25(3)13-15-31-27(5)14-16-33(38)41-31)11-10-12-24(2)20-28(6)34(39)30(8)35(40)29(7)21-26(4)22-32(37)36-17-18-42-9/h10,12-16,19-20,22-23,27-31,35,40H,11,17-18,21H2,1-9H3,(H,36,37)/b12-10+,15-13+,24-20+,25-19-,26-22+/t23-,27+,28-,29+,30-,31+,35-/m1/s1. The van der Waals surface area contributed by atoms with E-state index in [0.29, 0.717) is 18.9 Å². The molecule has 42 heavy (non-hydrogen) atoms. The van der Waals surface area contributed by atoms with Crippen LogP contribution in [0.25, 0.3) is 0 Å². The lowest BCUT2D eigenvalue weighted by Crippen LogP contribution is -2.34. The maximum Gasteiger partial charge on any atom is 0.331 e. The van der Waals surface area contributed by atoms with Crippen LogP contribution in [-0.4, -0.2) is 53.5 Å². The smallest absolute Gasteiger partial charge is 0.331 e. The molecule has 7 atom stereocenters. The minimum Gasteiger partial charge on any atom is -0.454 e. The Hall–Kier alpha value is -2.64. The van der Waals surface area contributed by atoms with Crippen LogP contribution in [0.1, 0.15) is 68.2 Å². The first kappa shape index (κ1) is 37.4. The van der Waals surface area contributed by atoms with E-state index < -0.39 is 12.0 Å². The number of aliphatic hydroxyl groups is 1. The number of ether oxygens (including phenoxy) is 1. The number of carbonyl (C=O) groups excluding carboxylic acids is 3. The van der Waals surface area contributed by atoms with Gasteiger partial charge in [0.05, 0.1) is 6.10 Å². The number of thioether (sulfide) groups is 1. The monoisotopic (exact) mass is 599 g/mol. The first-order valence-electron chi connectivity index (χ1n) is 15.0. The highest BCUT2D eigenvalue weighted by Gasteiger charge is 2.29. The minimum absolute atomic E-state index is 0.00529. The van der Waals surface area contributed by atoms with Gasteiger partial charge in [0.15, 0.2) is 0 Å². The van der Waals surface area contributed by atoms with Crippen LogP contribution in [0.2, 0.25) is 0 Å². The van der Waals surface area contributed by atoms with Crippen LogP contribution in [-0.2, 0) is 19.1 Å². The molecule has 0 radical (unpaired) electrons. The van der Waals surface area contributed by atoms with Crippen molar-refractivity contribution in [3.63, 3.8) is 0 Å². The van der Waals surface area contributed by atoms with Gasteiger partial charge in [-0.3, -0.25) is 9.59 Å². The van der Waals surface area contributed by atoms with Gasteiger partial charge < -0.3 is 15.2 Å². The van der Waals surface area contributed by atoms with Crippen LogP contribution in [0.5, 0.6) is 0 Å². The molecule has 6 nitrogen and oxygen atoms in total. The van der Waals surface area contributed by atoms with Crippen LogP contribution < -0.4 is 5.32 Å². The van der Waals surface area contributed by atoms with Crippen molar-refractivity contribution in [3.8, 4) is 0 Å². The lowest BCUT2D eigenvalue weighted by atomic mass is 9.83. The van der Waals surface area contributed by atoms with Crippen LogP contribution in [0.15, 0.2) is 71.4 Å². The van der Waals surface area contributed by atoms with Crippen molar-refractivity contribution in [2.75, 3.05) is 18.6 Å². The third-order valence-corrected chi connectivity index (χ3v) is 8.04. The van der Waals surface area contributed by atoms with Crippen LogP contribution in [0.3, 0.4) is 0 Å². The Bertz CT molecular complexity index is 1080.